The molecule has 3 aromatic heterocycles. The molecule has 0 aliphatic heterocycles. The molecular formula is C23H13F7N5O+. The van der Waals surface area contributed by atoms with E-state index in [0.29, 0.717) is 23.2 Å². The Morgan fingerprint density at radius 1 is 0.917 bits per heavy atom. The van der Waals surface area contributed by atoms with E-state index in [-0.39, 0.29) is 35.5 Å². The van der Waals surface area contributed by atoms with Gasteiger partial charge in [0.2, 0.25) is 18.5 Å². The van der Waals surface area contributed by atoms with Crippen LogP contribution in [-0.2, 0) is 18.9 Å². The van der Waals surface area contributed by atoms with E-state index in [1.54, 1.807) is 18.2 Å². The maximum Gasteiger partial charge on any atom is 0.417 e. The van der Waals surface area contributed by atoms with Crippen LogP contribution in [0.4, 0.5) is 30.7 Å². The molecule has 6 nitrogen and oxygen atoms in total. The van der Waals surface area contributed by atoms with Gasteiger partial charge in [0.1, 0.15) is 34.6 Å². The van der Waals surface area contributed by atoms with E-state index in [9.17, 15) is 30.7 Å². The minimum atomic E-state index is -5.05. The molecule has 2 aromatic carbocycles. The maximum absolute atomic E-state index is 14.1. The zero-order chi connectivity index (χ0) is 25.7. The Morgan fingerprint density at radius 2 is 1.69 bits per heavy atom. The van der Waals surface area contributed by atoms with Gasteiger partial charge < -0.3 is 9.51 Å². The molecule has 0 aliphatic rings. The van der Waals surface area contributed by atoms with Crippen LogP contribution < -0.4 is 4.68 Å². The highest BCUT2D eigenvalue weighted by Gasteiger charge is 2.39. The number of fused-ring (bicyclic) bond motifs is 1. The van der Waals surface area contributed by atoms with E-state index >= 15 is 0 Å². The van der Waals surface area contributed by atoms with Crippen LogP contribution in [0.25, 0.3) is 33.7 Å². The van der Waals surface area contributed by atoms with Gasteiger partial charge in [-0.3, -0.25) is 0 Å². The normalized spacial score (nSPS) is 12.4. The van der Waals surface area contributed by atoms with Gasteiger partial charge in [0.15, 0.2) is 0 Å². The molecule has 184 valence electrons. The fourth-order valence-electron chi connectivity index (χ4n) is 3.63. The van der Waals surface area contributed by atoms with E-state index in [1.807, 2.05) is 0 Å². The quantitative estimate of drug-likeness (QED) is 0.246. The van der Waals surface area contributed by atoms with Crippen molar-refractivity contribution < 1.29 is 39.9 Å². The zero-order valence-corrected chi connectivity index (χ0v) is 17.8. The van der Waals surface area contributed by atoms with Crippen molar-refractivity contribution in [3.05, 3.63) is 83.6 Å². The van der Waals surface area contributed by atoms with Crippen LogP contribution in [0, 0.1) is 5.82 Å². The number of aromatic amines is 1. The molecule has 0 unspecified atom stereocenters. The van der Waals surface area contributed by atoms with E-state index < -0.39 is 34.9 Å². The summed E-state index contributed by atoms with van der Waals surface area (Å²) in [5.74, 6) is -0.0802. The third kappa shape index (κ3) is 4.51. The summed E-state index contributed by atoms with van der Waals surface area (Å²) in [6.45, 7) is -0.0566. The molecule has 0 atom stereocenters. The molecule has 0 radical (unpaired) electrons. The van der Waals surface area contributed by atoms with Crippen LogP contribution in [-0.4, -0.2) is 20.2 Å². The minimum absolute atomic E-state index is 0.0410. The van der Waals surface area contributed by atoms with Crippen molar-refractivity contribution in [1.82, 2.24) is 20.2 Å². The zero-order valence-electron chi connectivity index (χ0n) is 17.8. The molecule has 0 fully saturated rings. The van der Waals surface area contributed by atoms with E-state index in [0.717, 1.165) is 0 Å². The standard InChI is InChI=1S/C23H12F7N5O/c24-17-4-2-1-3-15(17)21-32-19-9-31-35(11-20(19)33-21)10-13-8-18(34-36-13)14-6-5-12(22(25,26)27)7-16(14)23(28,29)30/h1-9,11H,10H2/p+1. The summed E-state index contributed by atoms with van der Waals surface area (Å²) in [7, 11) is 0. The van der Waals surface area contributed by atoms with Crippen LogP contribution in [0.2, 0.25) is 0 Å². The Balaban J connectivity index is 1.44. The number of imidazole rings is 1. The molecule has 13 heteroatoms. The summed E-state index contributed by atoms with van der Waals surface area (Å²) in [5, 5.41) is 7.76. The molecule has 0 spiro atoms. The van der Waals surface area contributed by atoms with Crippen LogP contribution in [0.3, 0.4) is 0 Å². The largest absolute Gasteiger partial charge is 0.417 e. The molecule has 5 rings (SSSR count). The van der Waals surface area contributed by atoms with Gasteiger partial charge in [-0.05, 0) is 29.4 Å². The van der Waals surface area contributed by atoms with E-state index in [2.05, 4.69) is 20.2 Å². The third-order valence-corrected chi connectivity index (χ3v) is 5.30. The average Bonchev–Trinajstić information content (AvgIpc) is 3.44. The number of H-pyrrole nitrogens is 1. The van der Waals surface area contributed by atoms with Gasteiger partial charge in [-0.2, -0.15) is 26.3 Å². The van der Waals surface area contributed by atoms with Gasteiger partial charge in [0.05, 0.1) is 16.7 Å². The average molecular weight is 508 g/mol. The second-order valence-corrected chi connectivity index (χ2v) is 7.77. The molecule has 3 heterocycles. The van der Waals surface area contributed by atoms with Crippen molar-refractivity contribution in [1.29, 1.82) is 0 Å². The third-order valence-electron chi connectivity index (χ3n) is 5.30. The number of nitrogens with zero attached hydrogens (tertiary/aromatic N) is 4. The van der Waals surface area contributed by atoms with Gasteiger partial charge in [0, 0.05) is 11.6 Å². The Bertz CT molecular complexity index is 1570. The Kier molecular flexibility index (Phi) is 5.49. The number of halogens is 7. The topological polar surface area (TPSA) is 71.5 Å². The summed E-state index contributed by atoms with van der Waals surface area (Å²) in [6.07, 6.45) is -7.04. The number of alkyl halides is 6. The van der Waals surface area contributed by atoms with Crippen molar-refractivity contribution in [3.63, 3.8) is 0 Å². The monoisotopic (exact) mass is 508 g/mol. The first-order chi connectivity index (χ1) is 17.0. The van der Waals surface area contributed by atoms with Gasteiger partial charge in [-0.1, -0.05) is 28.0 Å². The molecular weight excluding hydrogens is 495 g/mol. The van der Waals surface area contributed by atoms with Crippen molar-refractivity contribution in [2.75, 3.05) is 0 Å². The first kappa shape index (κ1) is 23.5. The van der Waals surface area contributed by atoms with Gasteiger partial charge in [0.25, 0.3) is 0 Å². The maximum atomic E-state index is 14.1. The van der Waals surface area contributed by atoms with E-state index in [4.69, 9.17) is 4.52 Å². The fraction of sp³-hybridized carbons (Fsp3) is 0.130. The highest BCUT2D eigenvalue weighted by atomic mass is 19.4. The summed E-state index contributed by atoms with van der Waals surface area (Å²) in [4.78, 5) is 7.28. The molecule has 0 saturated carbocycles. The van der Waals surface area contributed by atoms with Crippen molar-refractivity contribution in [2.45, 2.75) is 18.9 Å². The lowest BCUT2D eigenvalue weighted by atomic mass is 10.0. The number of hydrogen-bond acceptors (Lipinski definition) is 4. The fourth-order valence-corrected chi connectivity index (χ4v) is 3.63. The van der Waals surface area contributed by atoms with Crippen molar-refractivity contribution in [3.8, 4) is 22.6 Å². The predicted octanol–water partition coefficient (Wildman–Crippen LogP) is 5.79. The molecule has 0 amide bonds. The number of nitrogens with one attached hydrogen (secondary N) is 1. The van der Waals surface area contributed by atoms with Crippen LogP contribution in [0.15, 0.2) is 65.4 Å². The van der Waals surface area contributed by atoms with Gasteiger partial charge >= 0.3 is 12.4 Å². The molecule has 5 aromatic rings. The summed E-state index contributed by atoms with van der Waals surface area (Å²) < 4.78 is 99.8. The highest BCUT2D eigenvalue weighted by molar-refractivity contribution is 5.77. The molecule has 0 bridgehead atoms. The first-order valence-electron chi connectivity index (χ1n) is 10.2. The molecule has 0 saturated heterocycles. The molecule has 36 heavy (non-hydrogen) atoms. The van der Waals surface area contributed by atoms with Gasteiger partial charge in [-0.25, -0.2) is 9.37 Å². The molecule has 1 N–H and O–H groups in total. The van der Waals surface area contributed by atoms with Crippen LogP contribution in [0.5, 0.6) is 0 Å². The number of hydrogen-bond donors (Lipinski definition) is 1. The predicted molar refractivity (Wildman–Crippen MR) is 111 cm³/mol. The second kappa shape index (κ2) is 8.43. The summed E-state index contributed by atoms with van der Waals surface area (Å²) >= 11 is 0. The minimum Gasteiger partial charge on any atom is -0.354 e. The Labute approximate surface area is 197 Å². The Morgan fingerprint density at radius 3 is 2.42 bits per heavy atom. The lowest BCUT2D eigenvalue weighted by Crippen LogP contribution is -2.37. The lowest BCUT2D eigenvalue weighted by molar-refractivity contribution is -0.746. The Hall–Kier alpha value is -4.29. The van der Waals surface area contributed by atoms with E-state index in [1.165, 1.54) is 29.2 Å². The first-order valence-corrected chi connectivity index (χ1v) is 10.2. The van der Waals surface area contributed by atoms with Crippen molar-refractivity contribution in [2.24, 2.45) is 0 Å². The second-order valence-electron chi connectivity index (χ2n) is 7.77. The number of aromatic nitrogens is 5. The smallest absolute Gasteiger partial charge is 0.354 e. The molecule has 0 aliphatic carbocycles. The van der Waals surface area contributed by atoms with Crippen molar-refractivity contribution >= 4 is 11.0 Å². The summed E-state index contributed by atoms with van der Waals surface area (Å²) in [6, 6.07) is 8.55. The number of benzene rings is 2. The van der Waals surface area contributed by atoms with Crippen LogP contribution >= 0.6 is 0 Å². The highest BCUT2D eigenvalue weighted by Crippen LogP contribution is 2.40. The summed E-state index contributed by atoms with van der Waals surface area (Å²) in [5.41, 5.74) is -2.53. The SMILES string of the molecule is Fc1ccccc1-c1nc2cn[n+](Cc3cc(-c4ccc(C(F)(F)F)cc4C(F)(F)F)no3)cc2[nH]1. The van der Waals surface area contributed by atoms with Crippen LogP contribution in [0.1, 0.15) is 16.9 Å². The van der Waals surface area contributed by atoms with Gasteiger partial charge in [-0.15, -0.1) is 0 Å². The number of rotatable bonds is 4. The lowest BCUT2D eigenvalue weighted by Gasteiger charge is -2.14.